The number of ether oxygens (including phenoxy) is 2. The molecule has 3 aromatic rings. The Morgan fingerprint density at radius 2 is 1.82 bits per heavy atom. The number of benzene rings is 2. The monoisotopic (exact) mass is 414 g/mol. The van der Waals surface area contributed by atoms with Gasteiger partial charge in [-0.1, -0.05) is 35.4 Å². The minimum atomic E-state index is -0.246. The van der Waals surface area contributed by atoms with Crippen molar-refractivity contribution in [2.45, 2.75) is 20.8 Å². The number of nitrogens with zero attached hydrogens (tertiary/aromatic N) is 1. The van der Waals surface area contributed by atoms with E-state index in [1.165, 1.54) is 16.9 Å². The first-order chi connectivity index (χ1) is 13.4. The first-order valence-electron chi connectivity index (χ1n) is 8.88. The Balaban J connectivity index is 1.62. The quantitative estimate of drug-likeness (QED) is 0.622. The third-order valence-electron chi connectivity index (χ3n) is 4.50. The Kier molecular flexibility index (Phi) is 5.00. The van der Waals surface area contributed by atoms with Crippen LogP contribution in [0.25, 0.3) is 10.6 Å². The Bertz CT molecular complexity index is 1080. The van der Waals surface area contributed by atoms with Crippen LogP contribution in [0.5, 0.6) is 11.5 Å². The van der Waals surface area contributed by atoms with Crippen molar-refractivity contribution in [3.8, 4) is 22.1 Å². The van der Waals surface area contributed by atoms with Gasteiger partial charge in [0, 0.05) is 17.7 Å². The minimum absolute atomic E-state index is 0.246. The van der Waals surface area contributed by atoms with Crippen LogP contribution in [0.4, 0.5) is 5.69 Å². The van der Waals surface area contributed by atoms with Crippen molar-refractivity contribution < 1.29 is 14.3 Å². The fourth-order valence-corrected chi connectivity index (χ4v) is 4.37. The second-order valence-electron chi connectivity index (χ2n) is 6.68. The van der Waals surface area contributed by atoms with Gasteiger partial charge in [0.05, 0.1) is 16.4 Å². The van der Waals surface area contributed by atoms with Crippen LogP contribution in [0.1, 0.15) is 26.5 Å². The van der Waals surface area contributed by atoms with Gasteiger partial charge in [-0.3, -0.25) is 4.79 Å². The van der Waals surface area contributed by atoms with Crippen molar-refractivity contribution in [2.75, 3.05) is 18.5 Å². The van der Waals surface area contributed by atoms with Gasteiger partial charge in [-0.25, -0.2) is 4.98 Å². The van der Waals surface area contributed by atoms with E-state index in [9.17, 15) is 4.79 Å². The molecule has 4 rings (SSSR count). The summed E-state index contributed by atoms with van der Waals surface area (Å²) in [5.74, 6) is 0.910. The number of anilines is 1. The van der Waals surface area contributed by atoms with E-state index in [1.54, 1.807) is 12.1 Å². The SMILES string of the molecule is Cc1ccc(-c2nc(C)c(C(=O)Nc3cc4c(cc3Cl)OCCO4)s2)c(C)c1. The highest BCUT2D eigenvalue weighted by Crippen LogP contribution is 2.38. The topological polar surface area (TPSA) is 60.5 Å². The molecule has 0 bridgehead atoms. The lowest BCUT2D eigenvalue weighted by atomic mass is 10.1. The molecular formula is C21H19ClN2O3S. The summed E-state index contributed by atoms with van der Waals surface area (Å²) in [6.07, 6.45) is 0. The van der Waals surface area contributed by atoms with Gasteiger partial charge in [0.15, 0.2) is 11.5 Å². The number of aromatic nitrogens is 1. The smallest absolute Gasteiger partial charge is 0.267 e. The van der Waals surface area contributed by atoms with Crippen LogP contribution in [-0.2, 0) is 0 Å². The second kappa shape index (κ2) is 7.45. The molecule has 144 valence electrons. The molecule has 0 unspecified atom stereocenters. The number of carbonyl (C=O) groups excluding carboxylic acids is 1. The van der Waals surface area contributed by atoms with Crippen molar-refractivity contribution in [1.82, 2.24) is 4.98 Å². The number of thiazole rings is 1. The van der Waals surface area contributed by atoms with E-state index in [1.807, 2.05) is 26.0 Å². The molecular weight excluding hydrogens is 396 g/mol. The summed E-state index contributed by atoms with van der Waals surface area (Å²) < 4.78 is 11.1. The Hall–Kier alpha value is -2.57. The lowest BCUT2D eigenvalue weighted by Gasteiger charge is -2.19. The zero-order valence-electron chi connectivity index (χ0n) is 15.8. The molecule has 0 radical (unpaired) electrons. The maximum absolute atomic E-state index is 12.9. The average molecular weight is 415 g/mol. The molecule has 1 N–H and O–H groups in total. The highest BCUT2D eigenvalue weighted by atomic mass is 35.5. The maximum atomic E-state index is 12.9. The van der Waals surface area contributed by atoms with Gasteiger partial charge in [-0.2, -0.15) is 0 Å². The normalized spacial score (nSPS) is 12.7. The van der Waals surface area contributed by atoms with E-state index in [0.29, 0.717) is 46.0 Å². The number of hydrogen-bond acceptors (Lipinski definition) is 5. The predicted octanol–water partition coefficient (Wildman–Crippen LogP) is 5.41. The zero-order chi connectivity index (χ0) is 19.8. The summed E-state index contributed by atoms with van der Waals surface area (Å²) in [6.45, 7) is 6.89. The molecule has 7 heteroatoms. The summed E-state index contributed by atoms with van der Waals surface area (Å²) in [5, 5.41) is 4.09. The number of carbonyl (C=O) groups is 1. The van der Waals surface area contributed by atoms with Gasteiger partial charge >= 0.3 is 0 Å². The molecule has 1 aliphatic rings. The van der Waals surface area contributed by atoms with E-state index in [2.05, 4.69) is 23.3 Å². The Morgan fingerprint density at radius 1 is 1.11 bits per heavy atom. The number of rotatable bonds is 3. The molecule has 0 saturated carbocycles. The van der Waals surface area contributed by atoms with Crippen LogP contribution in [0.2, 0.25) is 5.02 Å². The van der Waals surface area contributed by atoms with E-state index < -0.39 is 0 Å². The molecule has 5 nitrogen and oxygen atoms in total. The van der Waals surface area contributed by atoms with Crippen molar-refractivity contribution in [1.29, 1.82) is 0 Å². The fourth-order valence-electron chi connectivity index (χ4n) is 3.11. The molecule has 0 saturated heterocycles. The van der Waals surface area contributed by atoms with Gasteiger partial charge in [-0.05, 0) is 26.3 Å². The van der Waals surface area contributed by atoms with E-state index in [0.717, 1.165) is 16.1 Å². The molecule has 1 aliphatic heterocycles. The van der Waals surface area contributed by atoms with Gasteiger partial charge < -0.3 is 14.8 Å². The number of amides is 1. The van der Waals surface area contributed by atoms with E-state index >= 15 is 0 Å². The van der Waals surface area contributed by atoms with Crippen LogP contribution in [0.3, 0.4) is 0 Å². The fraction of sp³-hybridized carbons (Fsp3) is 0.238. The summed E-state index contributed by atoms with van der Waals surface area (Å²) in [6, 6.07) is 9.55. The molecule has 1 amide bonds. The van der Waals surface area contributed by atoms with Crippen LogP contribution in [0.15, 0.2) is 30.3 Å². The maximum Gasteiger partial charge on any atom is 0.267 e. The van der Waals surface area contributed by atoms with Crippen molar-refractivity contribution in [2.24, 2.45) is 0 Å². The average Bonchev–Trinajstić information content (AvgIpc) is 3.04. The third-order valence-corrected chi connectivity index (χ3v) is 6.00. The number of halogens is 1. The largest absolute Gasteiger partial charge is 0.486 e. The predicted molar refractivity (Wildman–Crippen MR) is 112 cm³/mol. The number of nitrogens with one attached hydrogen (secondary N) is 1. The first kappa shape index (κ1) is 18.8. The number of hydrogen-bond donors (Lipinski definition) is 1. The van der Waals surface area contributed by atoms with Crippen LogP contribution in [0, 0.1) is 20.8 Å². The van der Waals surface area contributed by atoms with Crippen LogP contribution in [-0.4, -0.2) is 24.1 Å². The number of fused-ring (bicyclic) bond motifs is 1. The molecule has 0 aliphatic carbocycles. The standard InChI is InChI=1S/C21H19ClN2O3S/c1-11-4-5-14(12(2)8-11)21-23-13(3)19(28-21)20(25)24-16-10-18-17(9-15(16)22)26-6-7-27-18/h4-5,8-10H,6-7H2,1-3H3,(H,24,25). The second-order valence-corrected chi connectivity index (χ2v) is 8.09. The molecule has 0 atom stereocenters. The summed E-state index contributed by atoms with van der Waals surface area (Å²) in [5.41, 5.74) is 4.54. The highest BCUT2D eigenvalue weighted by Gasteiger charge is 2.20. The van der Waals surface area contributed by atoms with Gasteiger partial charge in [0.1, 0.15) is 23.1 Å². The Morgan fingerprint density at radius 3 is 2.54 bits per heavy atom. The van der Waals surface area contributed by atoms with Gasteiger partial charge in [0.25, 0.3) is 5.91 Å². The third kappa shape index (κ3) is 3.57. The number of aryl methyl sites for hydroxylation is 3. The molecule has 2 aromatic carbocycles. The van der Waals surface area contributed by atoms with Crippen molar-refractivity contribution in [3.05, 3.63) is 57.1 Å². The molecule has 28 heavy (non-hydrogen) atoms. The Labute approximate surface area is 172 Å². The zero-order valence-corrected chi connectivity index (χ0v) is 17.3. The minimum Gasteiger partial charge on any atom is -0.486 e. The summed E-state index contributed by atoms with van der Waals surface area (Å²) >= 11 is 7.68. The van der Waals surface area contributed by atoms with Gasteiger partial charge in [0.2, 0.25) is 0 Å². The van der Waals surface area contributed by atoms with E-state index in [-0.39, 0.29) is 5.91 Å². The lowest BCUT2D eigenvalue weighted by molar-refractivity contribution is 0.102. The molecule has 0 fully saturated rings. The van der Waals surface area contributed by atoms with Gasteiger partial charge in [-0.15, -0.1) is 11.3 Å². The molecule has 2 heterocycles. The van der Waals surface area contributed by atoms with Crippen LogP contribution < -0.4 is 14.8 Å². The molecule has 0 spiro atoms. The molecule has 1 aromatic heterocycles. The highest BCUT2D eigenvalue weighted by molar-refractivity contribution is 7.17. The summed E-state index contributed by atoms with van der Waals surface area (Å²) in [7, 11) is 0. The lowest BCUT2D eigenvalue weighted by Crippen LogP contribution is -2.16. The van der Waals surface area contributed by atoms with Crippen LogP contribution >= 0.6 is 22.9 Å². The van der Waals surface area contributed by atoms with Crippen molar-refractivity contribution >= 4 is 34.5 Å². The summed E-state index contributed by atoms with van der Waals surface area (Å²) in [4.78, 5) is 18.0. The first-order valence-corrected chi connectivity index (χ1v) is 10.1. The van der Waals surface area contributed by atoms with E-state index in [4.69, 9.17) is 21.1 Å². The van der Waals surface area contributed by atoms with Crippen molar-refractivity contribution in [3.63, 3.8) is 0 Å².